The highest BCUT2D eigenvalue weighted by Gasteiger charge is 2.23. The summed E-state index contributed by atoms with van der Waals surface area (Å²) in [6.45, 7) is 3.29. The molecule has 4 N–H and O–H groups in total. The number of rotatable bonds is 7. The molecule has 44 heavy (non-hydrogen) atoms. The van der Waals surface area contributed by atoms with Crippen molar-refractivity contribution in [2.75, 3.05) is 48.8 Å². The number of hydrogen-bond donors (Lipinski definition) is 4. The van der Waals surface area contributed by atoms with Gasteiger partial charge >= 0.3 is 0 Å². The van der Waals surface area contributed by atoms with Crippen LogP contribution < -0.4 is 15.5 Å². The van der Waals surface area contributed by atoms with Gasteiger partial charge in [0, 0.05) is 55.7 Å². The van der Waals surface area contributed by atoms with Crippen LogP contribution in [0.2, 0.25) is 0 Å². The van der Waals surface area contributed by atoms with Gasteiger partial charge in [0.15, 0.2) is 5.82 Å². The van der Waals surface area contributed by atoms with E-state index in [1.807, 2.05) is 7.05 Å². The second-order valence-electron chi connectivity index (χ2n) is 10.4. The first-order valence-corrected chi connectivity index (χ1v) is 15.1. The summed E-state index contributed by atoms with van der Waals surface area (Å²) < 4.78 is 53.9. The molecule has 1 aliphatic rings. The van der Waals surface area contributed by atoms with Crippen LogP contribution in [0.15, 0.2) is 82.8 Å². The molecule has 0 bridgehead atoms. The van der Waals surface area contributed by atoms with E-state index in [4.69, 9.17) is 0 Å². The maximum absolute atomic E-state index is 13.8. The summed E-state index contributed by atoms with van der Waals surface area (Å²) in [5.41, 5.74) is 2.07. The van der Waals surface area contributed by atoms with Crippen LogP contribution in [0.3, 0.4) is 0 Å². The third kappa shape index (κ3) is 5.76. The third-order valence-electron chi connectivity index (χ3n) is 7.45. The van der Waals surface area contributed by atoms with Crippen LogP contribution in [-0.2, 0) is 9.84 Å². The highest BCUT2D eigenvalue weighted by molar-refractivity contribution is 7.91. The van der Waals surface area contributed by atoms with E-state index in [0.717, 1.165) is 44.0 Å². The summed E-state index contributed by atoms with van der Waals surface area (Å²) in [7, 11) is -2.26. The van der Waals surface area contributed by atoms with Crippen molar-refractivity contribution in [1.82, 2.24) is 20.1 Å². The Bertz CT molecular complexity index is 1970. The molecule has 14 heteroatoms. The number of carbonyl (C=O) groups is 2. The largest absolute Gasteiger partial charge is 0.369 e. The van der Waals surface area contributed by atoms with Crippen LogP contribution in [0, 0.1) is 11.6 Å². The van der Waals surface area contributed by atoms with Gasteiger partial charge in [0.05, 0.1) is 32.1 Å². The minimum absolute atomic E-state index is 0.0264. The summed E-state index contributed by atoms with van der Waals surface area (Å²) in [6.07, 6.45) is 3.16. The molecular formula is C30H27F2N7O4S. The number of piperazine rings is 1. The summed E-state index contributed by atoms with van der Waals surface area (Å²) >= 11 is 0. The van der Waals surface area contributed by atoms with Gasteiger partial charge in [-0.3, -0.25) is 14.7 Å². The Hall–Kier alpha value is -5.08. The fourth-order valence-electron chi connectivity index (χ4n) is 5.00. The predicted molar refractivity (Wildman–Crippen MR) is 161 cm³/mol. The molecule has 2 amide bonds. The zero-order valence-corrected chi connectivity index (χ0v) is 24.2. The number of fused-ring (bicyclic) bond motifs is 1. The number of aromatic amines is 2. The lowest BCUT2D eigenvalue weighted by atomic mass is 10.1. The molecule has 1 aliphatic heterocycles. The van der Waals surface area contributed by atoms with Crippen molar-refractivity contribution in [2.45, 2.75) is 9.79 Å². The number of benzene rings is 3. The number of carbonyl (C=O) groups excluding carboxylic acids is 2. The number of H-pyrrole nitrogens is 2. The second-order valence-corrected chi connectivity index (χ2v) is 12.4. The minimum atomic E-state index is -4.30. The third-order valence-corrected chi connectivity index (χ3v) is 9.18. The smallest absolute Gasteiger partial charge is 0.258 e. The molecule has 5 aromatic rings. The number of halogens is 2. The lowest BCUT2D eigenvalue weighted by Crippen LogP contribution is -2.44. The van der Waals surface area contributed by atoms with E-state index in [1.165, 1.54) is 18.2 Å². The van der Waals surface area contributed by atoms with Gasteiger partial charge in [-0.2, -0.15) is 5.10 Å². The normalized spacial score (nSPS) is 14.1. The van der Waals surface area contributed by atoms with Gasteiger partial charge in [-0.1, -0.05) is 0 Å². The number of nitrogens with one attached hydrogen (secondary N) is 4. The highest BCUT2D eigenvalue weighted by atomic mass is 32.2. The molecule has 2 aromatic heterocycles. The zero-order chi connectivity index (χ0) is 31.0. The highest BCUT2D eigenvalue weighted by Crippen LogP contribution is 2.30. The quantitative estimate of drug-likeness (QED) is 0.213. The first-order chi connectivity index (χ1) is 21.1. The maximum Gasteiger partial charge on any atom is 0.258 e. The number of aromatic nitrogens is 3. The van der Waals surface area contributed by atoms with Crippen molar-refractivity contribution in [2.24, 2.45) is 0 Å². The van der Waals surface area contributed by atoms with Crippen LogP contribution in [0.5, 0.6) is 0 Å². The maximum atomic E-state index is 13.8. The summed E-state index contributed by atoms with van der Waals surface area (Å²) in [5, 5.41) is 12.7. The Morgan fingerprint density at radius 1 is 0.864 bits per heavy atom. The second kappa shape index (κ2) is 11.5. The van der Waals surface area contributed by atoms with Gasteiger partial charge in [0.25, 0.3) is 11.8 Å². The molecule has 0 spiro atoms. The standard InChI is InChI=1S/C30H27F2N7O4S/c1-38-8-10-39(11-9-38)21-2-4-24(27(15-21)34-29(40)18-6-7-33-17-18)30(41)35-28-25-16-22(3-5-26(25)36-37-28)44(42,43)23-13-19(31)12-20(32)14-23/h2-7,12-17,33H,8-11H2,1H3,(H,34,40)(H2,35,36,37,41). The van der Waals surface area contributed by atoms with Crippen molar-refractivity contribution in [3.63, 3.8) is 0 Å². The fourth-order valence-corrected chi connectivity index (χ4v) is 6.33. The van der Waals surface area contributed by atoms with Crippen molar-refractivity contribution in [1.29, 1.82) is 0 Å². The number of sulfone groups is 1. The van der Waals surface area contributed by atoms with Crippen molar-refractivity contribution < 1.29 is 26.8 Å². The number of hydrogen-bond acceptors (Lipinski definition) is 7. The summed E-state index contributed by atoms with van der Waals surface area (Å²) in [4.78, 5) is 33.0. The van der Waals surface area contributed by atoms with Gasteiger partial charge in [-0.15, -0.1) is 0 Å². The molecule has 0 radical (unpaired) electrons. The molecule has 6 rings (SSSR count). The van der Waals surface area contributed by atoms with Crippen molar-refractivity contribution in [3.8, 4) is 0 Å². The summed E-state index contributed by atoms with van der Waals surface area (Å²) in [6, 6.07) is 12.8. The van der Waals surface area contributed by atoms with Crippen molar-refractivity contribution in [3.05, 3.63) is 95.8 Å². The van der Waals surface area contributed by atoms with Gasteiger partial charge in [-0.25, -0.2) is 17.2 Å². The van der Waals surface area contributed by atoms with E-state index >= 15 is 0 Å². The van der Waals surface area contributed by atoms with Crippen LogP contribution in [-0.4, -0.2) is 73.5 Å². The van der Waals surface area contributed by atoms with E-state index in [2.05, 4.69) is 35.6 Å². The molecule has 3 heterocycles. The first-order valence-electron chi connectivity index (χ1n) is 13.6. The lowest BCUT2D eigenvalue weighted by Gasteiger charge is -2.34. The number of nitrogens with zero attached hydrogens (tertiary/aromatic N) is 3. The van der Waals surface area contributed by atoms with Crippen LogP contribution in [0.4, 0.5) is 26.0 Å². The SMILES string of the molecule is CN1CCN(c2ccc(C(=O)Nc3n[nH]c4ccc(S(=O)(=O)c5cc(F)cc(F)c5)cc34)c(NC(=O)c3cc[nH]c3)c2)CC1. The monoisotopic (exact) mass is 619 g/mol. The molecule has 1 fully saturated rings. The zero-order valence-electron chi connectivity index (χ0n) is 23.4. The van der Waals surface area contributed by atoms with E-state index in [1.54, 1.807) is 36.7 Å². The molecule has 11 nitrogen and oxygen atoms in total. The van der Waals surface area contributed by atoms with Gasteiger partial charge in [0.1, 0.15) is 11.6 Å². The van der Waals surface area contributed by atoms with E-state index in [0.29, 0.717) is 17.1 Å². The molecule has 0 atom stereocenters. The van der Waals surface area contributed by atoms with E-state index in [-0.39, 0.29) is 27.4 Å². The molecule has 226 valence electrons. The Morgan fingerprint density at radius 3 is 2.32 bits per heavy atom. The van der Waals surface area contributed by atoms with Crippen molar-refractivity contribution >= 4 is 49.7 Å². The van der Waals surface area contributed by atoms with Gasteiger partial charge in [0.2, 0.25) is 9.84 Å². The summed E-state index contributed by atoms with van der Waals surface area (Å²) in [5.74, 6) is -3.05. The number of likely N-dealkylation sites (N-methyl/N-ethyl adjacent to an activating group) is 1. The van der Waals surface area contributed by atoms with E-state index < -0.39 is 38.2 Å². The lowest BCUT2D eigenvalue weighted by molar-refractivity contribution is 0.102. The van der Waals surface area contributed by atoms with Crippen LogP contribution in [0.1, 0.15) is 20.7 Å². The van der Waals surface area contributed by atoms with Gasteiger partial charge < -0.3 is 25.4 Å². The Morgan fingerprint density at radius 2 is 1.61 bits per heavy atom. The first kappa shape index (κ1) is 29.0. The van der Waals surface area contributed by atoms with E-state index in [9.17, 15) is 26.8 Å². The molecule has 0 aliphatic carbocycles. The molecule has 1 saturated heterocycles. The topological polar surface area (TPSA) is 143 Å². The number of anilines is 3. The number of amides is 2. The Labute approximate surface area is 250 Å². The minimum Gasteiger partial charge on any atom is -0.369 e. The average molecular weight is 620 g/mol. The molecular weight excluding hydrogens is 592 g/mol. The Kier molecular flexibility index (Phi) is 7.61. The predicted octanol–water partition coefficient (Wildman–Crippen LogP) is 4.26. The molecule has 0 saturated carbocycles. The van der Waals surface area contributed by atoms with Crippen LogP contribution >= 0.6 is 0 Å². The van der Waals surface area contributed by atoms with Gasteiger partial charge in [-0.05, 0) is 61.6 Å². The molecule has 0 unspecified atom stereocenters. The fraction of sp³-hybridized carbons (Fsp3) is 0.167. The molecule has 3 aromatic carbocycles. The van der Waals surface area contributed by atoms with Crippen LogP contribution in [0.25, 0.3) is 10.9 Å². The average Bonchev–Trinajstić information content (AvgIpc) is 3.68. The Balaban J connectivity index is 1.32.